The Hall–Kier alpha value is -1.14. The lowest BCUT2D eigenvalue weighted by Crippen LogP contribution is -2.28. The number of ether oxygens (including phenoxy) is 1. The number of rotatable bonds is 4. The van der Waals surface area contributed by atoms with E-state index >= 15 is 0 Å². The molecule has 3 nitrogen and oxygen atoms in total. The van der Waals surface area contributed by atoms with Crippen molar-refractivity contribution in [1.82, 2.24) is 4.98 Å². The summed E-state index contributed by atoms with van der Waals surface area (Å²) in [5.41, 5.74) is 6.54. The minimum absolute atomic E-state index is 0.138. The highest BCUT2D eigenvalue weighted by molar-refractivity contribution is 5.18. The topological polar surface area (TPSA) is 48.1 Å². The molecule has 0 radical (unpaired) electrons. The van der Waals surface area contributed by atoms with E-state index in [2.05, 4.69) is 4.98 Å². The average molecular weight is 234 g/mol. The summed E-state index contributed by atoms with van der Waals surface area (Å²) in [5, 5.41) is 0. The smallest absolute Gasteiger partial charge is 0.364 e. The highest BCUT2D eigenvalue weighted by Gasteiger charge is 2.36. The van der Waals surface area contributed by atoms with Crippen LogP contribution in [0.4, 0.5) is 13.2 Å². The van der Waals surface area contributed by atoms with Gasteiger partial charge >= 0.3 is 6.18 Å². The molecule has 6 heteroatoms. The normalized spacial score (nSPS) is 13.8. The summed E-state index contributed by atoms with van der Waals surface area (Å²) in [6.07, 6.45) is -4.59. The van der Waals surface area contributed by atoms with E-state index in [-0.39, 0.29) is 13.2 Å². The first-order valence-corrected chi connectivity index (χ1v) is 4.76. The number of halogens is 3. The predicted octanol–water partition coefficient (Wildman–Crippen LogP) is 2.01. The molecule has 0 amide bonds. The van der Waals surface area contributed by atoms with Gasteiger partial charge in [-0.2, -0.15) is 13.2 Å². The molecule has 0 aliphatic heterocycles. The molecule has 1 unspecified atom stereocenters. The summed E-state index contributed by atoms with van der Waals surface area (Å²) < 4.78 is 41.2. The van der Waals surface area contributed by atoms with Crippen LogP contribution >= 0.6 is 0 Å². The number of nitrogens with two attached hydrogens (primary N) is 1. The molecule has 0 saturated carbocycles. The third-order valence-electron chi connectivity index (χ3n) is 2.13. The van der Waals surface area contributed by atoms with Crippen molar-refractivity contribution in [3.05, 3.63) is 29.6 Å². The second-order valence-corrected chi connectivity index (χ2v) is 3.31. The van der Waals surface area contributed by atoms with Crippen LogP contribution in [0.25, 0.3) is 0 Å². The fourth-order valence-electron chi connectivity index (χ4n) is 1.10. The summed E-state index contributed by atoms with van der Waals surface area (Å²) in [6, 6.07) is 3.29. The van der Waals surface area contributed by atoms with E-state index in [9.17, 15) is 13.2 Å². The van der Waals surface area contributed by atoms with Crippen LogP contribution in [-0.2, 0) is 17.9 Å². The Morgan fingerprint density at radius 1 is 1.50 bits per heavy atom. The summed E-state index contributed by atoms with van der Waals surface area (Å²) in [4.78, 5) is 3.95. The average Bonchev–Trinajstić information content (AvgIpc) is 2.24. The Morgan fingerprint density at radius 2 is 2.19 bits per heavy atom. The molecule has 2 N–H and O–H groups in total. The monoisotopic (exact) mass is 234 g/mol. The Bertz CT molecular complexity index is 341. The van der Waals surface area contributed by atoms with Crippen LogP contribution in [0.1, 0.15) is 18.2 Å². The Balaban J connectivity index is 2.61. The van der Waals surface area contributed by atoms with Crippen LogP contribution in [0.5, 0.6) is 0 Å². The number of alkyl halides is 3. The highest BCUT2D eigenvalue weighted by atomic mass is 19.4. The van der Waals surface area contributed by atoms with E-state index in [0.29, 0.717) is 11.3 Å². The van der Waals surface area contributed by atoms with Gasteiger partial charge in [0.15, 0.2) is 6.10 Å². The summed E-state index contributed by atoms with van der Waals surface area (Å²) in [5.74, 6) is 0. The van der Waals surface area contributed by atoms with Gasteiger partial charge in [-0.05, 0) is 13.0 Å². The first kappa shape index (κ1) is 12.9. The predicted molar refractivity (Wildman–Crippen MR) is 52.4 cm³/mol. The molecule has 1 aromatic rings. The van der Waals surface area contributed by atoms with E-state index in [1.165, 1.54) is 0 Å². The van der Waals surface area contributed by atoms with Gasteiger partial charge in [-0.25, -0.2) is 0 Å². The number of nitrogens with zero attached hydrogens (tertiary/aromatic N) is 1. The van der Waals surface area contributed by atoms with Crippen molar-refractivity contribution < 1.29 is 17.9 Å². The van der Waals surface area contributed by atoms with Crippen molar-refractivity contribution in [2.24, 2.45) is 5.73 Å². The minimum Gasteiger partial charge on any atom is -0.364 e. The lowest BCUT2D eigenvalue weighted by atomic mass is 10.2. The van der Waals surface area contributed by atoms with Crippen molar-refractivity contribution in [2.75, 3.05) is 0 Å². The lowest BCUT2D eigenvalue weighted by Gasteiger charge is -2.17. The SMILES string of the molecule is CC(OCc1cccnc1CN)C(F)(F)F. The zero-order valence-corrected chi connectivity index (χ0v) is 8.79. The van der Waals surface area contributed by atoms with E-state index < -0.39 is 12.3 Å². The van der Waals surface area contributed by atoms with Crippen LogP contribution in [0.3, 0.4) is 0 Å². The van der Waals surface area contributed by atoms with Gasteiger partial charge in [-0.3, -0.25) is 4.98 Å². The van der Waals surface area contributed by atoms with Gasteiger partial charge in [0, 0.05) is 18.3 Å². The first-order valence-electron chi connectivity index (χ1n) is 4.76. The van der Waals surface area contributed by atoms with Gasteiger partial charge in [0.2, 0.25) is 0 Å². The van der Waals surface area contributed by atoms with Crippen LogP contribution in [0.15, 0.2) is 18.3 Å². The second kappa shape index (κ2) is 5.27. The Labute approximate surface area is 91.4 Å². The molecule has 0 aliphatic rings. The van der Waals surface area contributed by atoms with Crippen molar-refractivity contribution in [1.29, 1.82) is 0 Å². The number of hydrogen-bond acceptors (Lipinski definition) is 3. The molecule has 0 bridgehead atoms. The molecular weight excluding hydrogens is 221 g/mol. The molecule has 1 rings (SSSR count). The van der Waals surface area contributed by atoms with Crippen molar-refractivity contribution in [3.63, 3.8) is 0 Å². The lowest BCUT2D eigenvalue weighted by molar-refractivity contribution is -0.217. The van der Waals surface area contributed by atoms with Gasteiger partial charge in [0.05, 0.1) is 12.3 Å². The largest absolute Gasteiger partial charge is 0.414 e. The van der Waals surface area contributed by atoms with Gasteiger partial charge in [0.1, 0.15) is 0 Å². The number of hydrogen-bond donors (Lipinski definition) is 1. The van der Waals surface area contributed by atoms with Gasteiger partial charge < -0.3 is 10.5 Å². The molecule has 0 spiro atoms. The third-order valence-corrected chi connectivity index (χ3v) is 2.13. The molecule has 0 aromatic carbocycles. The zero-order valence-electron chi connectivity index (χ0n) is 8.79. The maximum absolute atomic E-state index is 12.2. The van der Waals surface area contributed by atoms with Crippen LogP contribution < -0.4 is 5.73 Å². The maximum Gasteiger partial charge on any atom is 0.414 e. The molecule has 0 fully saturated rings. The molecule has 0 saturated heterocycles. The van der Waals surface area contributed by atoms with Crippen molar-refractivity contribution in [3.8, 4) is 0 Å². The third kappa shape index (κ3) is 3.46. The van der Waals surface area contributed by atoms with E-state index in [4.69, 9.17) is 10.5 Å². The Morgan fingerprint density at radius 3 is 2.75 bits per heavy atom. The fraction of sp³-hybridized carbons (Fsp3) is 0.500. The Kier molecular flexibility index (Phi) is 4.26. The standard InChI is InChI=1S/C10H13F3N2O/c1-7(10(11,12)13)16-6-8-3-2-4-15-9(8)5-14/h2-4,7H,5-6,14H2,1H3. The van der Waals surface area contributed by atoms with Gasteiger partial charge in [-0.15, -0.1) is 0 Å². The summed E-state index contributed by atoms with van der Waals surface area (Å²) in [7, 11) is 0. The van der Waals surface area contributed by atoms with Crippen LogP contribution in [0, 0.1) is 0 Å². The molecular formula is C10H13F3N2O. The molecule has 1 heterocycles. The van der Waals surface area contributed by atoms with Gasteiger partial charge in [0.25, 0.3) is 0 Å². The maximum atomic E-state index is 12.2. The fourth-order valence-corrected chi connectivity index (χ4v) is 1.10. The van der Waals surface area contributed by atoms with Crippen molar-refractivity contribution in [2.45, 2.75) is 32.4 Å². The van der Waals surface area contributed by atoms with E-state index in [0.717, 1.165) is 6.92 Å². The van der Waals surface area contributed by atoms with E-state index in [1.807, 2.05) is 0 Å². The van der Waals surface area contributed by atoms with Crippen LogP contribution in [0.2, 0.25) is 0 Å². The zero-order chi connectivity index (χ0) is 12.2. The molecule has 16 heavy (non-hydrogen) atoms. The molecule has 1 aromatic heterocycles. The minimum atomic E-state index is -4.34. The molecule has 1 atom stereocenters. The summed E-state index contributed by atoms with van der Waals surface area (Å²) in [6.45, 7) is 1.01. The second-order valence-electron chi connectivity index (χ2n) is 3.31. The highest BCUT2D eigenvalue weighted by Crippen LogP contribution is 2.23. The molecule has 90 valence electrons. The summed E-state index contributed by atoms with van der Waals surface area (Å²) >= 11 is 0. The first-order chi connectivity index (χ1) is 7.45. The van der Waals surface area contributed by atoms with Crippen molar-refractivity contribution >= 4 is 0 Å². The van der Waals surface area contributed by atoms with E-state index in [1.54, 1.807) is 18.3 Å². The molecule has 0 aliphatic carbocycles. The quantitative estimate of drug-likeness (QED) is 0.866. The van der Waals surface area contributed by atoms with Gasteiger partial charge in [-0.1, -0.05) is 6.07 Å². The number of pyridine rings is 1. The van der Waals surface area contributed by atoms with Crippen LogP contribution in [-0.4, -0.2) is 17.3 Å². The number of aromatic nitrogens is 1.